The van der Waals surface area contributed by atoms with Crippen LogP contribution in [-0.2, 0) is 14.4 Å². The molecule has 0 saturated heterocycles. The predicted molar refractivity (Wildman–Crippen MR) is 152 cm³/mol. The molecule has 0 spiro atoms. The molecular weight excluding hydrogens is 508 g/mol. The number of hydrogen-bond acceptors (Lipinski definition) is 9. The smallest absolute Gasteiger partial charge is 0.250 e. The van der Waals surface area contributed by atoms with Crippen LogP contribution in [0.4, 0.5) is 0 Å². The van der Waals surface area contributed by atoms with Crippen LogP contribution in [0.25, 0.3) is 0 Å². The fourth-order valence-corrected chi connectivity index (χ4v) is 2.33. The number of amidine groups is 2. The van der Waals surface area contributed by atoms with Crippen molar-refractivity contribution in [1.29, 1.82) is 5.41 Å². The summed E-state index contributed by atoms with van der Waals surface area (Å²) in [6.45, 7) is 16.4. The molecule has 0 atom stereocenters. The number of hydroxylamine groups is 6. The molecule has 14 heteroatoms. The molecule has 0 heterocycles. The van der Waals surface area contributed by atoms with Gasteiger partial charge in [-0.1, -0.05) is 41.5 Å². The molecule has 0 fully saturated rings. The minimum atomic E-state index is -0.361. The first-order valence-corrected chi connectivity index (χ1v) is 12.9. The Bertz CT molecular complexity index is 791. The molecule has 0 aromatic rings. The molecule has 0 radical (unpaired) electrons. The SMILES string of the molecule is CC(=N)CCCN(O)C(=O)C(C)C.CC(N)=NCCCN(O)C(=O)C(C)C.CC(N)=NCN(O)C(=O)C(C)C. The number of aliphatic imine (C=N–C) groups is 2. The third-order valence-electron chi connectivity index (χ3n) is 4.51. The van der Waals surface area contributed by atoms with Gasteiger partial charge in [0, 0.05) is 36.6 Å². The van der Waals surface area contributed by atoms with Gasteiger partial charge in [-0.2, -0.15) is 0 Å². The monoisotopic (exact) mass is 560 g/mol. The molecule has 228 valence electrons. The highest BCUT2D eigenvalue weighted by Crippen LogP contribution is 2.01. The summed E-state index contributed by atoms with van der Waals surface area (Å²) in [5.74, 6) is -0.620. The summed E-state index contributed by atoms with van der Waals surface area (Å²) in [6, 6.07) is 0. The van der Waals surface area contributed by atoms with Crippen LogP contribution in [0.5, 0.6) is 0 Å². The zero-order valence-electron chi connectivity index (χ0n) is 25.1. The van der Waals surface area contributed by atoms with Crippen molar-refractivity contribution in [3.05, 3.63) is 0 Å². The van der Waals surface area contributed by atoms with Gasteiger partial charge >= 0.3 is 0 Å². The molecule has 0 aromatic heterocycles. The number of nitrogens with two attached hydrogens (primary N) is 2. The van der Waals surface area contributed by atoms with E-state index in [1.807, 2.05) is 0 Å². The average Bonchev–Trinajstić information content (AvgIpc) is 2.83. The van der Waals surface area contributed by atoms with Crippen molar-refractivity contribution in [2.24, 2.45) is 39.2 Å². The topological polar surface area (TPSA) is 222 Å². The lowest BCUT2D eigenvalue weighted by Gasteiger charge is -2.16. The zero-order valence-corrected chi connectivity index (χ0v) is 25.1. The number of amides is 3. The van der Waals surface area contributed by atoms with Gasteiger partial charge in [-0.15, -0.1) is 0 Å². The number of nitrogens with zero attached hydrogens (tertiary/aromatic N) is 5. The van der Waals surface area contributed by atoms with Gasteiger partial charge in [-0.05, 0) is 40.0 Å². The zero-order chi connectivity index (χ0) is 31.3. The number of nitrogens with one attached hydrogen (secondary N) is 1. The Morgan fingerprint density at radius 2 is 1.05 bits per heavy atom. The summed E-state index contributed by atoms with van der Waals surface area (Å²) in [5, 5.41) is 36.7. The van der Waals surface area contributed by atoms with Gasteiger partial charge in [0.25, 0.3) is 0 Å². The van der Waals surface area contributed by atoms with Crippen molar-refractivity contribution in [1.82, 2.24) is 15.2 Å². The summed E-state index contributed by atoms with van der Waals surface area (Å²) in [5.41, 5.74) is 11.1. The van der Waals surface area contributed by atoms with Crippen molar-refractivity contribution >= 4 is 35.1 Å². The van der Waals surface area contributed by atoms with Crippen molar-refractivity contribution < 1.29 is 30.0 Å². The van der Waals surface area contributed by atoms with E-state index < -0.39 is 0 Å². The average molecular weight is 561 g/mol. The van der Waals surface area contributed by atoms with Crippen molar-refractivity contribution in [3.63, 3.8) is 0 Å². The van der Waals surface area contributed by atoms with E-state index in [0.717, 1.165) is 10.1 Å². The maximum Gasteiger partial charge on any atom is 0.250 e. The Morgan fingerprint density at radius 3 is 1.38 bits per heavy atom. The van der Waals surface area contributed by atoms with E-state index in [1.165, 1.54) is 0 Å². The Hall–Kier alpha value is -3.10. The molecule has 0 aliphatic heterocycles. The lowest BCUT2D eigenvalue weighted by atomic mass is 10.2. The Labute approximate surface area is 233 Å². The first kappa shape index (κ1) is 40.4. The molecule has 39 heavy (non-hydrogen) atoms. The third-order valence-corrected chi connectivity index (χ3v) is 4.51. The molecule has 8 N–H and O–H groups in total. The summed E-state index contributed by atoms with van der Waals surface area (Å²) >= 11 is 0. The van der Waals surface area contributed by atoms with E-state index in [0.29, 0.717) is 61.3 Å². The van der Waals surface area contributed by atoms with Crippen molar-refractivity contribution in [2.45, 2.75) is 81.6 Å². The Morgan fingerprint density at radius 1 is 0.692 bits per heavy atom. The maximum atomic E-state index is 11.2. The van der Waals surface area contributed by atoms with Crippen molar-refractivity contribution in [2.75, 3.05) is 26.3 Å². The van der Waals surface area contributed by atoms with E-state index >= 15 is 0 Å². The molecule has 0 bridgehead atoms. The molecule has 0 unspecified atom stereocenters. The van der Waals surface area contributed by atoms with Crippen LogP contribution >= 0.6 is 0 Å². The minimum absolute atomic E-state index is 0.0979. The fraction of sp³-hybridized carbons (Fsp3) is 0.760. The summed E-state index contributed by atoms with van der Waals surface area (Å²) in [6.07, 6.45) is 1.89. The first-order chi connectivity index (χ1) is 17.8. The van der Waals surface area contributed by atoms with Crippen LogP contribution < -0.4 is 11.5 Å². The van der Waals surface area contributed by atoms with Crippen molar-refractivity contribution in [3.8, 4) is 0 Å². The van der Waals surface area contributed by atoms with Gasteiger partial charge in [-0.25, -0.2) is 20.2 Å². The third kappa shape index (κ3) is 25.0. The van der Waals surface area contributed by atoms with Crippen LogP contribution in [0.15, 0.2) is 9.98 Å². The highest BCUT2D eigenvalue weighted by atomic mass is 16.5. The van der Waals surface area contributed by atoms with Crippen LogP contribution in [0.2, 0.25) is 0 Å². The molecule has 0 aliphatic carbocycles. The van der Waals surface area contributed by atoms with Gasteiger partial charge in [-0.3, -0.25) is 35.0 Å². The second-order valence-electron chi connectivity index (χ2n) is 9.83. The van der Waals surface area contributed by atoms with E-state index in [9.17, 15) is 24.8 Å². The highest BCUT2D eigenvalue weighted by molar-refractivity contribution is 5.80. The maximum absolute atomic E-state index is 11.2. The van der Waals surface area contributed by atoms with E-state index in [4.69, 9.17) is 22.1 Å². The standard InChI is InChI=1S/C9H19N3O2.C9H18N2O2.C7H15N3O2/c1-7(2)9(13)12(14)6-4-5-11-8(3)10;1-7(2)9(12)11(13)6-4-5-8(3)10;1-5(2)7(11)10(12)4-9-6(3)8/h7,14H,4-6H2,1-3H3,(H2,10,11);7,10,13H,4-6H2,1-3H3;5,12H,4H2,1-3H3,(H2,8,9). The van der Waals surface area contributed by atoms with E-state index in [-0.39, 0.29) is 42.1 Å². The van der Waals surface area contributed by atoms with Gasteiger partial charge in [0.05, 0.1) is 18.2 Å². The van der Waals surface area contributed by atoms with Gasteiger partial charge < -0.3 is 16.9 Å². The molecule has 0 aromatic carbocycles. The molecular formula is C25H52N8O6. The summed E-state index contributed by atoms with van der Waals surface area (Å²) in [4.78, 5) is 41.0. The molecule has 3 amide bonds. The largest absolute Gasteiger partial charge is 0.388 e. The summed E-state index contributed by atoms with van der Waals surface area (Å²) < 4.78 is 0. The number of rotatable bonds is 13. The van der Waals surface area contributed by atoms with Crippen LogP contribution in [0.3, 0.4) is 0 Å². The fourth-order valence-electron chi connectivity index (χ4n) is 2.33. The number of carbonyl (C=O) groups is 3. The second kappa shape index (κ2) is 22.8. The number of hydrogen-bond donors (Lipinski definition) is 6. The molecule has 0 rings (SSSR count). The van der Waals surface area contributed by atoms with Gasteiger partial charge in [0.1, 0.15) is 6.67 Å². The summed E-state index contributed by atoms with van der Waals surface area (Å²) in [7, 11) is 0. The lowest BCUT2D eigenvalue weighted by molar-refractivity contribution is -0.169. The van der Waals surface area contributed by atoms with E-state index in [1.54, 1.807) is 62.3 Å². The van der Waals surface area contributed by atoms with Gasteiger partial charge in [0.15, 0.2) is 0 Å². The quantitative estimate of drug-likeness (QED) is 0.0643. The van der Waals surface area contributed by atoms with E-state index in [2.05, 4.69) is 9.98 Å². The minimum Gasteiger partial charge on any atom is -0.388 e. The molecule has 0 aliphatic rings. The lowest BCUT2D eigenvalue weighted by Crippen LogP contribution is -2.32. The van der Waals surface area contributed by atoms with Gasteiger partial charge in [0.2, 0.25) is 17.7 Å². The normalized spacial score (nSPS) is 11.4. The Kier molecular flexibility index (Phi) is 23.7. The van der Waals surface area contributed by atoms with Crippen LogP contribution in [-0.4, -0.2) is 92.2 Å². The first-order valence-electron chi connectivity index (χ1n) is 12.9. The highest BCUT2D eigenvalue weighted by Gasteiger charge is 2.15. The second-order valence-corrected chi connectivity index (χ2v) is 9.83. The number of carbonyl (C=O) groups excluding carboxylic acids is 3. The molecule has 14 nitrogen and oxygen atoms in total. The van der Waals surface area contributed by atoms with Crippen LogP contribution in [0, 0.1) is 23.2 Å². The van der Waals surface area contributed by atoms with Crippen LogP contribution in [0.1, 0.15) is 81.6 Å². The Balaban J connectivity index is -0.000000500. The predicted octanol–water partition coefficient (Wildman–Crippen LogP) is 2.50. The molecule has 0 saturated carbocycles.